The van der Waals surface area contributed by atoms with E-state index in [1.54, 1.807) is 16.8 Å². The van der Waals surface area contributed by atoms with Gasteiger partial charge in [-0.15, -0.1) is 0 Å². The number of anilines is 1. The maximum Gasteiger partial charge on any atom is 0.329 e. The van der Waals surface area contributed by atoms with Crippen molar-refractivity contribution >= 4 is 22.9 Å². The van der Waals surface area contributed by atoms with E-state index in [1.165, 1.54) is 6.92 Å². The minimum atomic E-state index is -0.254. The van der Waals surface area contributed by atoms with Crippen LogP contribution in [0.4, 0.5) is 5.69 Å². The summed E-state index contributed by atoms with van der Waals surface area (Å²) in [4.78, 5) is 35.7. The van der Waals surface area contributed by atoms with Crippen LogP contribution in [0.1, 0.15) is 25.5 Å². The molecule has 1 amide bonds. The molecule has 4 rings (SSSR count). The quantitative estimate of drug-likeness (QED) is 0.574. The number of carbonyl (C=O) groups excluding carboxylic acids is 1. The number of imidazole rings is 1. The molecule has 0 saturated carbocycles. The van der Waals surface area contributed by atoms with Gasteiger partial charge in [-0.25, -0.2) is 14.8 Å². The number of aromatic amines is 1. The maximum atomic E-state index is 12.6. The Bertz CT molecular complexity index is 1210. The number of aromatic nitrogens is 4. The summed E-state index contributed by atoms with van der Waals surface area (Å²) >= 11 is 0. The fraction of sp³-hybridized carbons (Fsp3) is 0.143. The smallest absolute Gasteiger partial charge is 0.326 e. The predicted octanol–water partition coefficient (Wildman–Crippen LogP) is 3.35. The Hall–Kier alpha value is -3.74. The van der Waals surface area contributed by atoms with Crippen LogP contribution in [-0.2, 0) is 4.79 Å². The molecule has 7 heteroatoms. The zero-order valence-electron chi connectivity index (χ0n) is 15.5. The number of nitrogens with zero attached hydrogens (tertiary/aromatic N) is 3. The van der Waals surface area contributed by atoms with E-state index in [4.69, 9.17) is 0 Å². The highest BCUT2D eigenvalue weighted by Gasteiger charge is 2.17. The molecule has 2 aromatic carbocycles. The number of amides is 1. The van der Waals surface area contributed by atoms with Crippen molar-refractivity contribution in [3.8, 4) is 11.3 Å². The average Bonchev–Trinajstić information content (AvgIpc) is 3.02. The van der Waals surface area contributed by atoms with Gasteiger partial charge in [0.25, 0.3) is 0 Å². The summed E-state index contributed by atoms with van der Waals surface area (Å²) in [7, 11) is 0. The van der Waals surface area contributed by atoms with E-state index >= 15 is 0 Å². The van der Waals surface area contributed by atoms with E-state index in [-0.39, 0.29) is 17.6 Å². The normalized spacial score (nSPS) is 12.1. The highest BCUT2D eigenvalue weighted by Crippen LogP contribution is 2.24. The van der Waals surface area contributed by atoms with Crippen LogP contribution in [0.15, 0.2) is 65.6 Å². The summed E-state index contributed by atoms with van der Waals surface area (Å²) in [6.07, 6.45) is 1.61. The van der Waals surface area contributed by atoms with E-state index in [0.717, 1.165) is 11.1 Å². The van der Waals surface area contributed by atoms with Crippen molar-refractivity contribution in [2.75, 3.05) is 5.32 Å². The number of rotatable bonds is 4. The van der Waals surface area contributed by atoms with Gasteiger partial charge in [0.05, 0.1) is 17.9 Å². The molecule has 0 aliphatic heterocycles. The topological polar surface area (TPSA) is 92.7 Å². The van der Waals surface area contributed by atoms with Gasteiger partial charge >= 0.3 is 5.69 Å². The zero-order chi connectivity index (χ0) is 19.7. The van der Waals surface area contributed by atoms with Gasteiger partial charge < -0.3 is 5.32 Å². The zero-order valence-corrected chi connectivity index (χ0v) is 15.5. The molecule has 0 saturated heterocycles. The first-order valence-electron chi connectivity index (χ1n) is 8.93. The standard InChI is InChI=1S/C21H19N5O2/c1-13(15-7-4-3-5-8-15)26-20-19(25-21(26)28)22-12-18(24-20)16-9-6-10-17(11-16)23-14(2)27/h3-13H,1-2H3,(H,23,27)(H,22,25,28)/t13-/m0/s1. The Balaban J connectivity index is 1.81. The lowest BCUT2D eigenvalue weighted by Gasteiger charge is -2.13. The number of fused-ring (bicyclic) bond motifs is 1. The lowest BCUT2D eigenvalue weighted by Crippen LogP contribution is -2.21. The molecule has 28 heavy (non-hydrogen) atoms. The SMILES string of the molecule is CC(=O)Nc1cccc(-c2cnc3[nH]c(=O)n([C@@H](C)c4ccccc4)c3n2)c1. The first-order valence-corrected chi connectivity index (χ1v) is 8.93. The molecule has 2 aromatic heterocycles. The van der Waals surface area contributed by atoms with Crippen molar-refractivity contribution in [3.05, 3.63) is 76.8 Å². The predicted molar refractivity (Wildman–Crippen MR) is 108 cm³/mol. The van der Waals surface area contributed by atoms with E-state index < -0.39 is 0 Å². The number of carbonyl (C=O) groups is 1. The molecular weight excluding hydrogens is 354 g/mol. The fourth-order valence-corrected chi connectivity index (χ4v) is 3.23. The van der Waals surface area contributed by atoms with Gasteiger partial charge in [0.2, 0.25) is 5.91 Å². The third-order valence-corrected chi connectivity index (χ3v) is 4.57. The Morgan fingerprint density at radius 2 is 1.93 bits per heavy atom. The van der Waals surface area contributed by atoms with Crippen LogP contribution >= 0.6 is 0 Å². The molecule has 140 valence electrons. The Kier molecular flexibility index (Phi) is 4.49. The van der Waals surface area contributed by atoms with E-state index in [2.05, 4.69) is 20.3 Å². The largest absolute Gasteiger partial charge is 0.329 e. The second-order valence-corrected chi connectivity index (χ2v) is 6.58. The molecule has 0 aliphatic rings. The van der Waals surface area contributed by atoms with Crippen LogP contribution < -0.4 is 11.0 Å². The molecule has 0 unspecified atom stereocenters. The van der Waals surface area contributed by atoms with Gasteiger partial charge in [0.15, 0.2) is 11.3 Å². The molecule has 1 atom stereocenters. The second kappa shape index (κ2) is 7.11. The van der Waals surface area contributed by atoms with Gasteiger partial charge in [-0.1, -0.05) is 42.5 Å². The monoisotopic (exact) mass is 373 g/mol. The van der Waals surface area contributed by atoms with E-state index in [9.17, 15) is 9.59 Å². The van der Waals surface area contributed by atoms with Crippen LogP contribution in [0, 0.1) is 0 Å². The van der Waals surface area contributed by atoms with Crippen molar-refractivity contribution in [2.24, 2.45) is 0 Å². The molecule has 7 nitrogen and oxygen atoms in total. The summed E-state index contributed by atoms with van der Waals surface area (Å²) in [6.45, 7) is 3.41. The Labute approximate surface area is 161 Å². The van der Waals surface area contributed by atoms with Crippen LogP contribution in [0.3, 0.4) is 0 Å². The first-order chi connectivity index (χ1) is 13.5. The molecule has 4 aromatic rings. The summed E-state index contributed by atoms with van der Waals surface area (Å²) in [5, 5.41) is 2.76. The minimum Gasteiger partial charge on any atom is -0.326 e. The van der Waals surface area contributed by atoms with Gasteiger partial charge in [0, 0.05) is 18.2 Å². The van der Waals surface area contributed by atoms with Gasteiger partial charge in [-0.3, -0.25) is 14.3 Å². The Morgan fingerprint density at radius 1 is 1.14 bits per heavy atom. The summed E-state index contributed by atoms with van der Waals surface area (Å²) in [5.74, 6) is -0.144. The lowest BCUT2D eigenvalue weighted by atomic mass is 10.1. The number of hydrogen-bond donors (Lipinski definition) is 2. The van der Waals surface area contributed by atoms with Crippen molar-refractivity contribution < 1.29 is 4.79 Å². The third kappa shape index (κ3) is 3.29. The summed E-state index contributed by atoms with van der Waals surface area (Å²) < 4.78 is 1.61. The number of nitrogens with one attached hydrogen (secondary N) is 2. The number of H-pyrrole nitrogens is 1. The average molecular weight is 373 g/mol. The van der Waals surface area contributed by atoms with Crippen molar-refractivity contribution in [2.45, 2.75) is 19.9 Å². The van der Waals surface area contributed by atoms with E-state index in [0.29, 0.717) is 22.7 Å². The van der Waals surface area contributed by atoms with Gasteiger partial charge in [-0.2, -0.15) is 0 Å². The number of benzene rings is 2. The highest BCUT2D eigenvalue weighted by atomic mass is 16.1. The molecule has 2 heterocycles. The molecule has 0 bridgehead atoms. The third-order valence-electron chi connectivity index (χ3n) is 4.57. The van der Waals surface area contributed by atoms with Crippen LogP contribution in [-0.4, -0.2) is 25.4 Å². The summed E-state index contributed by atoms with van der Waals surface area (Å²) in [6, 6.07) is 16.9. The Morgan fingerprint density at radius 3 is 2.68 bits per heavy atom. The van der Waals surface area contributed by atoms with Gasteiger partial charge in [-0.05, 0) is 24.6 Å². The first kappa shape index (κ1) is 17.7. The van der Waals surface area contributed by atoms with Crippen molar-refractivity contribution in [3.63, 3.8) is 0 Å². The van der Waals surface area contributed by atoms with E-state index in [1.807, 2.05) is 55.5 Å². The van der Waals surface area contributed by atoms with Crippen LogP contribution in [0.2, 0.25) is 0 Å². The van der Waals surface area contributed by atoms with Crippen LogP contribution in [0.25, 0.3) is 22.6 Å². The molecule has 2 N–H and O–H groups in total. The van der Waals surface area contributed by atoms with Gasteiger partial charge in [0.1, 0.15) is 0 Å². The minimum absolute atomic E-state index is 0.144. The lowest BCUT2D eigenvalue weighted by molar-refractivity contribution is -0.114. The van der Waals surface area contributed by atoms with Crippen molar-refractivity contribution in [1.29, 1.82) is 0 Å². The maximum absolute atomic E-state index is 12.6. The fourth-order valence-electron chi connectivity index (χ4n) is 3.23. The summed E-state index contributed by atoms with van der Waals surface area (Å²) in [5.41, 5.74) is 3.77. The van der Waals surface area contributed by atoms with Crippen molar-refractivity contribution in [1.82, 2.24) is 19.5 Å². The van der Waals surface area contributed by atoms with Crippen LogP contribution in [0.5, 0.6) is 0 Å². The molecule has 0 spiro atoms. The highest BCUT2D eigenvalue weighted by molar-refractivity contribution is 5.89. The molecule has 0 radical (unpaired) electrons. The molecule has 0 aliphatic carbocycles. The second-order valence-electron chi connectivity index (χ2n) is 6.58. The molecular formula is C21H19N5O2. The molecule has 0 fully saturated rings. The number of hydrogen-bond acceptors (Lipinski definition) is 4.